The zero-order valence-electron chi connectivity index (χ0n) is 6.38. The third-order valence-corrected chi connectivity index (χ3v) is 3.57. The first-order valence-corrected chi connectivity index (χ1v) is 5.53. The van der Waals surface area contributed by atoms with Crippen LogP contribution in [0.3, 0.4) is 0 Å². The Hall–Kier alpha value is -0.380. The summed E-state index contributed by atoms with van der Waals surface area (Å²) in [4.78, 5) is 11.3. The van der Waals surface area contributed by atoms with Gasteiger partial charge in [-0.25, -0.2) is 0 Å². The third kappa shape index (κ3) is 1.64. The molecule has 13 heavy (non-hydrogen) atoms. The number of fused-ring (bicyclic) bond motifs is 1. The summed E-state index contributed by atoms with van der Waals surface area (Å²) in [5.74, 6) is 0. The highest BCUT2D eigenvalue weighted by atomic mass is 79.9. The van der Waals surface area contributed by atoms with Gasteiger partial charge in [0, 0.05) is 19.6 Å². The monoisotopic (exact) mass is 274 g/mol. The van der Waals surface area contributed by atoms with Crippen LogP contribution in [0.5, 0.6) is 0 Å². The van der Waals surface area contributed by atoms with E-state index in [9.17, 15) is 4.79 Å². The lowest BCUT2D eigenvalue weighted by molar-refractivity contribution is 0.112. The van der Waals surface area contributed by atoms with Gasteiger partial charge < -0.3 is 0 Å². The molecule has 0 atom stereocenters. The molecule has 0 fully saturated rings. The predicted octanol–water partition coefficient (Wildman–Crippen LogP) is 4.13. The second kappa shape index (κ2) is 3.40. The van der Waals surface area contributed by atoms with Gasteiger partial charge in [0.25, 0.3) is 0 Å². The Morgan fingerprint density at radius 2 is 2.15 bits per heavy atom. The molecule has 0 saturated carbocycles. The van der Waals surface area contributed by atoms with Crippen molar-refractivity contribution in [3.63, 3.8) is 0 Å². The lowest BCUT2D eigenvalue weighted by atomic mass is 10.2. The van der Waals surface area contributed by atoms with E-state index in [0.29, 0.717) is 5.02 Å². The molecule has 0 unspecified atom stereocenters. The van der Waals surface area contributed by atoms with Crippen LogP contribution in [0.2, 0.25) is 5.02 Å². The predicted molar refractivity (Wildman–Crippen MR) is 59.9 cm³/mol. The molecule has 0 spiro atoms. The van der Waals surface area contributed by atoms with Crippen LogP contribution in [0.15, 0.2) is 22.7 Å². The Bertz CT molecular complexity index is 478. The highest BCUT2D eigenvalue weighted by Gasteiger charge is 2.05. The van der Waals surface area contributed by atoms with Gasteiger partial charge in [0.05, 0.1) is 4.88 Å². The summed E-state index contributed by atoms with van der Waals surface area (Å²) in [6.07, 6.45) is 0.852. The lowest BCUT2D eigenvalue weighted by Crippen LogP contribution is -1.67. The first kappa shape index (κ1) is 9.19. The van der Waals surface area contributed by atoms with Gasteiger partial charge in [-0.1, -0.05) is 27.5 Å². The minimum absolute atomic E-state index is 0.679. The number of benzene rings is 1. The van der Waals surface area contributed by atoms with Crippen molar-refractivity contribution in [1.29, 1.82) is 0 Å². The fraction of sp³-hybridized carbons (Fsp3) is 0. The van der Waals surface area contributed by atoms with E-state index in [1.807, 2.05) is 18.2 Å². The molecule has 0 amide bonds. The average Bonchev–Trinajstić information content (AvgIpc) is 2.47. The molecular formula is C9H4BrClOS. The van der Waals surface area contributed by atoms with Gasteiger partial charge in [-0.3, -0.25) is 4.79 Å². The second-order valence-corrected chi connectivity index (χ2v) is 4.97. The fourth-order valence-corrected chi connectivity index (χ4v) is 3.21. The van der Waals surface area contributed by atoms with Crippen molar-refractivity contribution >= 4 is 55.2 Å². The van der Waals surface area contributed by atoms with E-state index in [0.717, 1.165) is 25.7 Å². The van der Waals surface area contributed by atoms with Crippen LogP contribution >= 0.6 is 38.9 Å². The number of rotatable bonds is 1. The standard InChI is InChI=1S/C9H4BrClOS/c10-8-1-5(11)2-9-7(8)3-6(4-12)13-9/h1-4H. The van der Waals surface area contributed by atoms with Crippen LogP contribution < -0.4 is 0 Å². The maximum atomic E-state index is 10.5. The summed E-state index contributed by atoms with van der Waals surface area (Å²) in [6, 6.07) is 5.54. The number of carbonyl (C=O) groups is 1. The zero-order valence-corrected chi connectivity index (χ0v) is 9.54. The van der Waals surface area contributed by atoms with E-state index in [1.54, 1.807) is 0 Å². The minimum Gasteiger partial charge on any atom is -0.297 e. The van der Waals surface area contributed by atoms with E-state index in [2.05, 4.69) is 15.9 Å². The lowest BCUT2D eigenvalue weighted by Gasteiger charge is -1.94. The molecule has 2 aromatic rings. The molecule has 2 rings (SSSR count). The first-order valence-electron chi connectivity index (χ1n) is 3.54. The topological polar surface area (TPSA) is 17.1 Å². The highest BCUT2D eigenvalue weighted by Crippen LogP contribution is 2.33. The maximum Gasteiger partial charge on any atom is 0.160 e. The van der Waals surface area contributed by atoms with Gasteiger partial charge in [0.2, 0.25) is 0 Å². The Morgan fingerprint density at radius 1 is 1.38 bits per heavy atom. The highest BCUT2D eigenvalue weighted by molar-refractivity contribution is 9.10. The molecule has 0 radical (unpaired) electrons. The van der Waals surface area contributed by atoms with Gasteiger partial charge in [0.1, 0.15) is 0 Å². The summed E-state index contributed by atoms with van der Waals surface area (Å²) >= 11 is 10.7. The number of thiophene rings is 1. The van der Waals surface area contributed by atoms with E-state index in [1.165, 1.54) is 11.3 Å². The number of halogens is 2. The summed E-state index contributed by atoms with van der Waals surface area (Å²) in [5, 5.41) is 1.72. The molecule has 4 heteroatoms. The van der Waals surface area contributed by atoms with Crippen molar-refractivity contribution < 1.29 is 4.79 Å². The zero-order chi connectivity index (χ0) is 9.42. The van der Waals surface area contributed by atoms with Crippen molar-refractivity contribution in [2.24, 2.45) is 0 Å². The van der Waals surface area contributed by atoms with Gasteiger partial charge in [0.15, 0.2) is 6.29 Å². The van der Waals surface area contributed by atoms with E-state index < -0.39 is 0 Å². The van der Waals surface area contributed by atoms with Crippen molar-refractivity contribution in [1.82, 2.24) is 0 Å². The Kier molecular flexibility index (Phi) is 2.41. The number of aldehydes is 1. The number of hydrogen-bond acceptors (Lipinski definition) is 2. The van der Waals surface area contributed by atoms with Gasteiger partial charge in [-0.2, -0.15) is 0 Å². The summed E-state index contributed by atoms with van der Waals surface area (Å²) in [5.41, 5.74) is 0. The van der Waals surface area contributed by atoms with E-state index >= 15 is 0 Å². The third-order valence-electron chi connectivity index (χ3n) is 1.69. The molecule has 0 aliphatic carbocycles. The summed E-state index contributed by atoms with van der Waals surface area (Å²) in [6.45, 7) is 0. The molecule has 1 aromatic heterocycles. The average molecular weight is 276 g/mol. The molecule has 66 valence electrons. The summed E-state index contributed by atoms with van der Waals surface area (Å²) in [7, 11) is 0. The quantitative estimate of drug-likeness (QED) is 0.715. The molecular weight excluding hydrogens is 272 g/mol. The summed E-state index contributed by atoms with van der Waals surface area (Å²) < 4.78 is 1.96. The van der Waals surface area contributed by atoms with Crippen LogP contribution in [-0.2, 0) is 0 Å². The first-order chi connectivity index (χ1) is 6.20. The van der Waals surface area contributed by atoms with Gasteiger partial charge in [-0.15, -0.1) is 11.3 Å². The maximum absolute atomic E-state index is 10.5. The molecule has 1 nitrogen and oxygen atoms in total. The molecule has 1 heterocycles. The molecule has 0 N–H and O–H groups in total. The Morgan fingerprint density at radius 3 is 2.85 bits per heavy atom. The molecule has 0 bridgehead atoms. The second-order valence-electron chi connectivity index (χ2n) is 2.57. The van der Waals surface area contributed by atoms with Gasteiger partial charge in [-0.05, 0) is 18.2 Å². The minimum atomic E-state index is 0.679. The van der Waals surface area contributed by atoms with Gasteiger partial charge >= 0.3 is 0 Å². The molecule has 0 saturated heterocycles. The van der Waals surface area contributed by atoms with Crippen molar-refractivity contribution in [3.05, 3.63) is 32.6 Å². The molecule has 0 aliphatic rings. The van der Waals surface area contributed by atoms with E-state index in [-0.39, 0.29) is 0 Å². The van der Waals surface area contributed by atoms with Crippen LogP contribution in [0.25, 0.3) is 10.1 Å². The van der Waals surface area contributed by atoms with Crippen LogP contribution in [0, 0.1) is 0 Å². The smallest absolute Gasteiger partial charge is 0.160 e. The van der Waals surface area contributed by atoms with Crippen LogP contribution in [-0.4, -0.2) is 6.29 Å². The molecule has 1 aromatic carbocycles. The normalized spacial score (nSPS) is 10.6. The Balaban J connectivity index is 2.82. The number of hydrogen-bond donors (Lipinski definition) is 0. The largest absolute Gasteiger partial charge is 0.297 e. The van der Waals surface area contributed by atoms with E-state index in [4.69, 9.17) is 11.6 Å². The molecule has 0 aliphatic heterocycles. The number of carbonyl (C=O) groups excluding carboxylic acids is 1. The Labute approximate surface area is 92.5 Å². The SMILES string of the molecule is O=Cc1cc2c(Br)cc(Cl)cc2s1. The van der Waals surface area contributed by atoms with Crippen molar-refractivity contribution in [3.8, 4) is 0 Å². The van der Waals surface area contributed by atoms with Crippen LogP contribution in [0.1, 0.15) is 9.67 Å². The van der Waals surface area contributed by atoms with Crippen molar-refractivity contribution in [2.75, 3.05) is 0 Å². The van der Waals surface area contributed by atoms with Crippen LogP contribution in [0.4, 0.5) is 0 Å². The fourth-order valence-electron chi connectivity index (χ4n) is 1.14. The van der Waals surface area contributed by atoms with Crippen molar-refractivity contribution in [2.45, 2.75) is 0 Å².